The van der Waals surface area contributed by atoms with Crippen LogP contribution in [-0.4, -0.2) is 51.0 Å². The van der Waals surface area contributed by atoms with E-state index in [1.54, 1.807) is 20.8 Å². The molecule has 1 saturated heterocycles. The van der Waals surface area contributed by atoms with E-state index in [1.807, 2.05) is 0 Å². The zero-order valence-electron chi connectivity index (χ0n) is 20.6. The normalized spacial score (nSPS) is 24.3. The van der Waals surface area contributed by atoms with Crippen molar-refractivity contribution in [3.63, 3.8) is 0 Å². The van der Waals surface area contributed by atoms with Crippen molar-refractivity contribution in [2.45, 2.75) is 89.5 Å². The minimum Gasteiger partial charge on any atom is -0.385 e. The maximum atomic E-state index is 12.4. The van der Waals surface area contributed by atoms with E-state index >= 15 is 0 Å². The van der Waals surface area contributed by atoms with E-state index in [0.29, 0.717) is 5.92 Å². The van der Waals surface area contributed by atoms with Crippen molar-refractivity contribution in [3.05, 3.63) is 24.3 Å². The summed E-state index contributed by atoms with van der Waals surface area (Å²) in [6.45, 7) is 13.3. The van der Waals surface area contributed by atoms with Crippen LogP contribution in [0.4, 0.5) is 11.4 Å². The van der Waals surface area contributed by atoms with Gasteiger partial charge >= 0.3 is 0 Å². The highest BCUT2D eigenvalue weighted by molar-refractivity contribution is 7.90. The number of nitrogens with one attached hydrogen (secondary N) is 2. The Bertz CT molecular complexity index is 821. The highest BCUT2D eigenvalue weighted by atomic mass is 32.2. The Kier molecular flexibility index (Phi) is 8.16. The summed E-state index contributed by atoms with van der Waals surface area (Å²) >= 11 is 0. The smallest absolute Gasteiger partial charge is 0.216 e. The number of nitrogens with zero attached hydrogens (tertiary/aromatic N) is 1. The summed E-state index contributed by atoms with van der Waals surface area (Å²) in [5.41, 5.74) is 2.39. The highest BCUT2D eigenvalue weighted by Gasteiger charge is 2.34. The van der Waals surface area contributed by atoms with Gasteiger partial charge in [-0.3, -0.25) is 0 Å². The number of rotatable bonds is 8. The van der Waals surface area contributed by atoms with Gasteiger partial charge < -0.3 is 15.0 Å². The molecule has 0 radical (unpaired) electrons. The first-order chi connectivity index (χ1) is 15.1. The number of sulfonamides is 1. The Morgan fingerprint density at radius 3 is 2.25 bits per heavy atom. The maximum Gasteiger partial charge on any atom is 0.216 e. The Morgan fingerprint density at radius 2 is 1.69 bits per heavy atom. The number of ether oxygens (including phenoxy) is 1. The Morgan fingerprint density at radius 1 is 1.06 bits per heavy atom. The third-order valence-electron chi connectivity index (χ3n) is 7.34. The van der Waals surface area contributed by atoms with Gasteiger partial charge in [0.15, 0.2) is 0 Å². The lowest BCUT2D eigenvalue weighted by atomic mass is 9.86. The summed E-state index contributed by atoms with van der Waals surface area (Å²) in [5.74, 6) is 0.582. The van der Waals surface area contributed by atoms with E-state index in [2.05, 4.69) is 53.1 Å². The predicted octanol–water partition coefficient (Wildman–Crippen LogP) is 4.77. The summed E-state index contributed by atoms with van der Waals surface area (Å²) in [7, 11) is -3.27. The third kappa shape index (κ3) is 6.17. The molecule has 2 N–H and O–H groups in total. The van der Waals surface area contributed by atoms with Crippen LogP contribution in [0.15, 0.2) is 24.3 Å². The molecule has 0 spiro atoms. The summed E-state index contributed by atoms with van der Waals surface area (Å²) < 4.78 is 33.0. The van der Waals surface area contributed by atoms with Crippen LogP contribution in [0, 0.1) is 5.92 Å². The van der Waals surface area contributed by atoms with Gasteiger partial charge in [-0.1, -0.05) is 13.8 Å². The van der Waals surface area contributed by atoms with Crippen LogP contribution in [0.3, 0.4) is 0 Å². The zero-order chi connectivity index (χ0) is 23.4. The molecule has 6 nitrogen and oxygen atoms in total. The summed E-state index contributed by atoms with van der Waals surface area (Å²) in [6.07, 6.45) is 6.00. The first-order valence-corrected chi connectivity index (χ1v) is 13.8. The molecule has 1 saturated carbocycles. The van der Waals surface area contributed by atoms with Gasteiger partial charge in [-0.15, -0.1) is 0 Å². The van der Waals surface area contributed by atoms with Crippen LogP contribution in [0.1, 0.15) is 73.1 Å². The largest absolute Gasteiger partial charge is 0.385 e. The van der Waals surface area contributed by atoms with Gasteiger partial charge in [-0.05, 0) is 89.5 Å². The molecule has 2 fully saturated rings. The summed E-state index contributed by atoms with van der Waals surface area (Å²) in [4.78, 5) is 2.44. The number of hydrogen-bond acceptors (Lipinski definition) is 5. The molecule has 1 heterocycles. The lowest BCUT2D eigenvalue weighted by molar-refractivity contribution is -0.0605. The molecule has 1 aromatic rings. The van der Waals surface area contributed by atoms with Gasteiger partial charge in [-0.2, -0.15) is 0 Å². The SMILES string of the molecule is CCC1(CC)CN(c2ccc(NC[C@H]3CC[C@H](NS(=O)(=O)C(C)(C)C)CC3)cc2)CCO1. The third-order valence-corrected chi connectivity index (χ3v) is 9.60. The molecule has 0 aromatic heterocycles. The fraction of sp³-hybridized carbons (Fsp3) is 0.760. The first-order valence-electron chi connectivity index (χ1n) is 12.3. The molecular formula is C25H43N3O3S. The van der Waals surface area contributed by atoms with E-state index in [0.717, 1.165) is 70.5 Å². The molecule has 32 heavy (non-hydrogen) atoms. The predicted molar refractivity (Wildman–Crippen MR) is 134 cm³/mol. The van der Waals surface area contributed by atoms with Crippen molar-refractivity contribution in [1.29, 1.82) is 0 Å². The van der Waals surface area contributed by atoms with Crippen molar-refractivity contribution < 1.29 is 13.2 Å². The van der Waals surface area contributed by atoms with Gasteiger partial charge in [0.05, 0.1) is 17.0 Å². The molecule has 0 atom stereocenters. The number of hydrogen-bond donors (Lipinski definition) is 2. The van der Waals surface area contributed by atoms with Crippen molar-refractivity contribution in [2.24, 2.45) is 5.92 Å². The van der Waals surface area contributed by atoms with E-state index < -0.39 is 14.8 Å². The van der Waals surface area contributed by atoms with E-state index in [1.165, 1.54) is 5.69 Å². The van der Waals surface area contributed by atoms with Crippen LogP contribution < -0.4 is 14.9 Å². The first kappa shape index (κ1) is 25.3. The van der Waals surface area contributed by atoms with Crippen LogP contribution >= 0.6 is 0 Å². The van der Waals surface area contributed by atoms with Gasteiger partial charge in [0.1, 0.15) is 0 Å². The van der Waals surface area contributed by atoms with Crippen LogP contribution in [0.25, 0.3) is 0 Å². The summed E-state index contributed by atoms with van der Waals surface area (Å²) in [5, 5.41) is 3.59. The number of benzene rings is 1. The van der Waals surface area contributed by atoms with Crippen molar-refractivity contribution >= 4 is 21.4 Å². The average molecular weight is 466 g/mol. The Balaban J connectivity index is 1.45. The molecular weight excluding hydrogens is 422 g/mol. The van der Waals surface area contributed by atoms with Gasteiger partial charge in [0.2, 0.25) is 10.0 Å². The maximum absolute atomic E-state index is 12.4. The standard InChI is InChI=1S/C25H43N3O3S/c1-6-25(7-2)19-28(16-17-31-25)23-14-12-21(13-15-23)26-18-20-8-10-22(11-9-20)27-32(29,30)24(3,4)5/h12-15,20,22,26-27H,6-11,16-19H2,1-5H3/t20-,22-. The average Bonchev–Trinajstić information content (AvgIpc) is 2.78. The lowest BCUT2D eigenvalue weighted by Gasteiger charge is -2.43. The molecule has 1 aliphatic carbocycles. The van der Waals surface area contributed by atoms with Gasteiger partial charge in [0.25, 0.3) is 0 Å². The molecule has 7 heteroatoms. The van der Waals surface area contributed by atoms with E-state index in [4.69, 9.17) is 4.74 Å². The zero-order valence-corrected chi connectivity index (χ0v) is 21.4. The molecule has 1 aliphatic heterocycles. The van der Waals surface area contributed by atoms with E-state index in [9.17, 15) is 8.42 Å². The fourth-order valence-corrected chi connectivity index (χ4v) is 5.70. The van der Waals surface area contributed by atoms with Crippen LogP contribution in [0.2, 0.25) is 0 Å². The highest BCUT2D eigenvalue weighted by Crippen LogP contribution is 2.30. The monoisotopic (exact) mass is 465 g/mol. The van der Waals surface area contributed by atoms with Crippen LogP contribution in [-0.2, 0) is 14.8 Å². The fourth-order valence-electron chi connectivity index (χ4n) is 4.68. The summed E-state index contributed by atoms with van der Waals surface area (Å²) in [6, 6.07) is 8.84. The molecule has 1 aromatic carbocycles. The Labute approximate surface area is 195 Å². The second-order valence-corrected chi connectivity index (χ2v) is 13.0. The minimum atomic E-state index is -3.27. The van der Waals surface area contributed by atoms with Crippen LogP contribution in [0.5, 0.6) is 0 Å². The molecule has 2 aliphatic rings. The van der Waals surface area contributed by atoms with Crippen molar-refractivity contribution in [2.75, 3.05) is 36.5 Å². The number of anilines is 2. The van der Waals surface area contributed by atoms with Crippen molar-refractivity contribution in [3.8, 4) is 0 Å². The van der Waals surface area contributed by atoms with Crippen molar-refractivity contribution in [1.82, 2.24) is 4.72 Å². The molecule has 3 rings (SSSR count). The number of morpholine rings is 1. The molecule has 182 valence electrons. The lowest BCUT2D eigenvalue weighted by Crippen LogP contribution is -2.51. The quantitative estimate of drug-likeness (QED) is 0.579. The van der Waals surface area contributed by atoms with Gasteiger partial charge in [0, 0.05) is 37.1 Å². The second kappa shape index (κ2) is 10.3. The van der Waals surface area contributed by atoms with Gasteiger partial charge in [-0.25, -0.2) is 13.1 Å². The Hall–Kier alpha value is -1.31. The molecule has 0 bridgehead atoms. The second-order valence-electron chi connectivity index (χ2n) is 10.5. The van der Waals surface area contributed by atoms with E-state index in [-0.39, 0.29) is 11.6 Å². The molecule has 0 unspecified atom stereocenters. The topological polar surface area (TPSA) is 70.7 Å². The minimum absolute atomic E-state index is 0.0188. The molecule has 0 amide bonds.